The van der Waals surface area contributed by atoms with Gasteiger partial charge in [-0.15, -0.1) is 0 Å². The number of carbonyl (C=O) groups is 1. The quantitative estimate of drug-likeness (QED) is 0.894. The lowest BCUT2D eigenvalue weighted by atomic mass is 10.0. The van der Waals surface area contributed by atoms with E-state index in [2.05, 4.69) is 6.07 Å². The van der Waals surface area contributed by atoms with Crippen molar-refractivity contribution >= 4 is 5.91 Å². The first kappa shape index (κ1) is 16.2. The van der Waals surface area contributed by atoms with Gasteiger partial charge >= 0.3 is 0 Å². The van der Waals surface area contributed by atoms with Gasteiger partial charge in [-0.3, -0.25) is 4.79 Å². The minimum Gasteiger partial charge on any atom is -0.335 e. The van der Waals surface area contributed by atoms with E-state index in [0.717, 1.165) is 5.56 Å². The molecule has 1 amide bonds. The molecule has 0 saturated carbocycles. The van der Waals surface area contributed by atoms with E-state index in [-0.39, 0.29) is 17.9 Å². The van der Waals surface area contributed by atoms with Crippen molar-refractivity contribution in [3.05, 3.63) is 35.4 Å². The van der Waals surface area contributed by atoms with E-state index >= 15 is 0 Å². The largest absolute Gasteiger partial charge is 0.335 e. The van der Waals surface area contributed by atoms with Crippen molar-refractivity contribution in [3.8, 4) is 6.07 Å². The fourth-order valence-corrected chi connectivity index (χ4v) is 1.87. The number of rotatable bonds is 5. The van der Waals surface area contributed by atoms with E-state index in [1.54, 1.807) is 17.0 Å². The molecule has 1 aromatic carbocycles. The molecule has 1 atom stereocenters. The summed E-state index contributed by atoms with van der Waals surface area (Å²) in [5.41, 5.74) is 7.59. The Hall–Kier alpha value is -1.86. The second-order valence-electron chi connectivity index (χ2n) is 5.64. The molecule has 0 saturated heterocycles. The van der Waals surface area contributed by atoms with Crippen LogP contribution in [0.5, 0.6) is 0 Å². The number of nitrogens with two attached hydrogens (primary N) is 1. The number of carbonyl (C=O) groups excluding carboxylic acids is 1. The van der Waals surface area contributed by atoms with Crippen molar-refractivity contribution < 1.29 is 4.79 Å². The lowest BCUT2D eigenvalue weighted by Crippen LogP contribution is -2.48. The number of nitriles is 1. The van der Waals surface area contributed by atoms with Crippen molar-refractivity contribution in [1.29, 1.82) is 5.26 Å². The van der Waals surface area contributed by atoms with Crippen LogP contribution in [0.2, 0.25) is 0 Å². The first-order chi connectivity index (χ1) is 9.36. The summed E-state index contributed by atoms with van der Waals surface area (Å²) in [6, 6.07) is 8.98. The molecule has 108 valence electrons. The maximum atomic E-state index is 12.4. The summed E-state index contributed by atoms with van der Waals surface area (Å²) in [6.07, 6.45) is 0. The Bertz CT molecular complexity index is 485. The zero-order valence-electron chi connectivity index (χ0n) is 12.6. The van der Waals surface area contributed by atoms with Crippen molar-refractivity contribution in [2.75, 3.05) is 0 Å². The number of nitrogens with zero attached hydrogens (tertiary/aromatic N) is 2. The fourth-order valence-electron chi connectivity index (χ4n) is 1.87. The van der Waals surface area contributed by atoms with Crippen molar-refractivity contribution in [2.45, 2.75) is 46.3 Å². The molecule has 0 bridgehead atoms. The van der Waals surface area contributed by atoms with E-state index in [1.807, 2.05) is 39.8 Å². The van der Waals surface area contributed by atoms with Gasteiger partial charge in [0.2, 0.25) is 5.91 Å². The monoisotopic (exact) mass is 273 g/mol. The Morgan fingerprint density at radius 2 is 1.80 bits per heavy atom. The van der Waals surface area contributed by atoms with E-state index in [1.165, 1.54) is 0 Å². The molecule has 2 N–H and O–H groups in total. The standard InChI is InChI=1S/C16H23N3O/c1-11(2)15(18)16(20)19(12(3)4)10-14-7-5-13(9-17)6-8-14/h5-8,11-12,15H,10,18H2,1-4H3/t15-/m0/s1. The van der Waals surface area contributed by atoms with Crippen LogP contribution in [0.15, 0.2) is 24.3 Å². The second kappa shape index (κ2) is 7.06. The van der Waals surface area contributed by atoms with E-state index in [0.29, 0.717) is 12.1 Å². The van der Waals surface area contributed by atoms with Crippen LogP contribution in [0.4, 0.5) is 0 Å². The zero-order valence-corrected chi connectivity index (χ0v) is 12.6. The normalized spacial score (nSPS) is 12.3. The Labute approximate surface area is 121 Å². The van der Waals surface area contributed by atoms with Crippen molar-refractivity contribution in [1.82, 2.24) is 4.90 Å². The fraction of sp³-hybridized carbons (Fsp3) is 0.500. The smallest absolute Gasteiger partial charge is 0.240 e. The average molecular weight is 273 g/mol. The molecule has 1 rings (SSSR count). The third kappa shape index (κ3) is 4.07. The molecule has 0 heterocycles. The number of hydrogen-bond acceptors (Lipinski definition) is 3. The number of hydrogen-bond donors (Lipinski definition) is 1. The minimum atomic E-state index is -0.476. The highest BCUT2D eigenvalue weighted by Gasteiger charge is 2.25. The van der Waals surface area contributed by atoms with Gasteiger partial charge in [0, 0.05) is 12.6 Å². The first-order valence-corrected chi connectivity index (χ1v) is 6.92. The summed E-state index contributed by atoms with van der Waals surface area (Å²) in [7, 11) is 0. The molecule has 20 heavy (non-hydrogen) atoms. The average Bonchev–Trinajstić information content (AvgIpc) is 2.43. The molecule has 0 unspecified atom stereocenters. The zero-order chi connectivity index (χ0) is 15.3. The molecule has 0 aliphatic heterocycles. The molecule has 4 heteroatoms. The predicted octanol–water partition coefficient (Wildman–Crippen LogP) is 2.28. The molecule has 0 radical (unpaired) electrons. The van der Waals surface area contributed by atoms with Gasteiger partial charge in [0.05, 0.1) is 17.7 Å². The molecule has 0 fully saturated rings. The summed E-state index contributed by atoms with van der Waals surface area (Å²) in [6.45, 7) is 8.37. The lowest BCUT2D eigenvalue weighted by Gasteiger charge is -2.30. The molecule has 1 aromatic rings. The molecular formula is C16H23N3O. The third-order valence-corrected chi connectivity index (χ3v) is 3.35. The summed E-state index contributed by atoms with van der Waals surface area (Å²) < 4.78 is 0. The van der Waals surface area contributed by atoms with Gasteiger partial charge in [-0.1, -0.05) is 26.0 Å². The summed E-state index contributed by atoms with van der Waals surface area (Å²) in [5.74, 6) is 0.0871. The topological polar surface area (TPSA) is 70.1 Å². The number of amides is 1. The predicted molar refractivity (Wildman–Crippen MR) is 79.7 cm³/mol. The highest BCUT2D eigenvalue weighted by molar-refractivity contribution is 5.82. The van der Waals surface area contributed by atoms with Gasteiger partial charge in [-0.25, -0.2) is 0 Å². The molecule has 0 aliphatic rings. The van der Waals surface area contributed by atoms with Gasteiger partial charge in [0.15, 0.2) is 0 Å². The van der Waals surface area contributed by atoms with Crippen LogP contribution in [0.25, 0.3) is 0 Å². The van der Waals surface area contributed by atoms with E-state index in [4.69, 9.17) is 11.0 Å². The Kier molecular flexibility index (Phi) is 5.72. The van der Waals surface area contributed by atoms with E-state index < -0.39 is 6.04 Å². The second-order valence-corrected chi connectivity index (χ2v) is 5.64. The summed E-state index contributed by atoms with van der Waals surface area (Å²) in [4.78, 5) is 14.2. The highest BCUT2D eigenvalue weighted by atomic mass is 16.2. The number of benzene rings is 1. The Morgan fingerprint density at radius 1 is 1.25 bits per heavy atom. The van der Waals surface area contributed by atoms with Gasteiger partial charge < -0.3 is 10.6 Å². The highest BCUT2D eigenvalue weighted by Crippen LogP contribution is 2.13. The van der Waals surface area contributed by atoms with Crippen LogP contribution in [-0.2, 0) is 11.3 Å². The maximum absolute atomic E-state index is 12.4. The van der Waals surface area contributed by atoms with Crippen LogP contribution >= 0.6 is 0 Å². The van der Waals surface area contributed by atoms with Crippen molar-refractivity contribution in [3.63, 3.8) is 0 Å². The van der Waals surface area contributed by atoms with Crippen LogP contribution < -0.4 is 5.73 Å². The third-order valence-electron chi connectivity index (χ3n) is 3.35. The first-order valence-electron chi connectivity index (χ1n) is 6.92. The molecular weight excluding hydrogens is 250 g/mol. The van der Waals surface area contributed by atoms with Crippen LogP contribution in [0, 0.1) is 17.2 Å². The minimum absolute atomic E-state index is 0.0284. The SMILES string of the molecule is CC(C)[C@H](N)C(=O)N(Cc1ccc(C#N)cc1)C(C)C. The van der Waals surface area contributed by atoms with Crippen LogP contribution in [-0.4, -0.2) is 22.9 Å². The van der Waals surface area contributed by atoms with Gasteiger partial charge in [0.1, 0.15) is 0 Å². The van der Waals surface area contributed by atoms with Crippen LogP contribution in [0.1, 0.15) is 38.8 Å². The van der Waals surface area contributed by atoms with Gasteiger partial charge in [0.25, 0.3) is 0 Å². The van der Waals surface area contributed by atoms with Gasteiger partial charge in [-0.2, -0.15) is 5.26 Å². The lowest BCUT2D eigenvalue weighted by molar-refractivity contribution is -0.136. The summed E-state index contributed by atoms with van der Waals surface area (Å²) >= 11 is 0. The molecule has 4 nitrogen and oxygen atoms in total. The molecule has 0 aromatic heterocycles. The summed E-state index contributed by atoms with van der Waals surface area (Å²) in [5, 5.41) is 8.79. The van der Waals surface area contributed by atoms with E-state index in [9.17, 15) is 4.79 Å². The van der Waals surface area contributed by atoms with Crippen LogP contribution in [0.3, 0.4) is 0 Å². The van der Waals surface area contributed by atoms with Gasteiger partial charge in [-0.05, 0) is 37.5 Å². The maximum Gasteiger partial charge on any atom is 0.240 e. The van der Waals surface area contributed by atoms with Crippen molar-refractivity contribution in [2.24, 2.45) is 11.7 Å². The molecule has 0 aliphatic carbocycles. The Morgan fingerprint density at radius 3 is 2.20 bits per heavy atom. The molecule has 0 spiro atoms. The Balaban J connectivity index is 2.87.